The maximum atomic E-state index is 12.1. The Labute approximate surface area is 142 Å². The normalized spacial score (nSPS) is 21.1. The Hall–Kier alpha value is -1.35. The molecule has 0 radical (unpaired) electrons. The van der Waals surface area contributed by atoms with Crippen LogP contribution in [0.2, 0.25) is 0 Å². The molecule has 0 aliphatic carbocycles. The van der Waals surface area contributed by atoms with Gasteiger partial charge in [0.25, 0.3) is 0 Å². The van der Waals surface area contributed by atoms with Crippen molar-refractivity contribution in [3.63, 3.8) is 0 Å². The molecule has 130 valence electrons. The number of morpholine rings is 1. The van der Waals surface area contributed by atoms with Crippen molar-refractivity contribution in [2.75, 3.05) is 24.1 Å². The summed E-state index contributed by atoms with van der Waals surface area (Å²) in [6.07, 6.45) is 0.941. The van der Waals surface area contributed by atoms with E-state index in [1.54, 1.807) is 24.3 Å². The first-order chi connectivity index (χ1) is 10.3. The fraction of sp³-hybridized carbons (Fsp3) is 0.500. The number of carbonyl (C=O) groups is 1. The van der Waals surface area contributed by atoms with Gasteiger partial charge >= 0.3 is 0 Å². The smallest absolute Gasteiger partial charge is 0.240 e. The third-order valence-corrected chi connectivity index (χ3v) is 3.93. The quantitative estimate of drug-likeness (QED) is 0.706. The molecule has 0 bridgehead atoms. The number of anilines is 1. The minimum atomic E-state index is -3.28. The van der Waals surface area contributed by atoms with E-state index in [0.29, 0.717) is 25.4 Å². The minimum Gasteiger partial charge on any atom is -0.375 e. The van der Waals surface area contributed by atoms with Gasteiger partial charge in [-0.05, 0) is 24.6 Å². The predicted molar refractivity (Wildman–Crippen MR) is 91.2 cm³/mol. The van der Waals surface area contributed by atoms with Crippen molar-refractivity contribution >= 4 is 34.0 Å². The molecule has 0 unspecified atom stereocenters. The molecule has 1 aliphatic heterocycles. The molecule has 1 fully saturated rings. The largest absolute Gasteiger partial charge is 0.375 e. The number of ether oxygens (including phenoxy) is 1. The molecule has 1 aromatic rings. The zero-order valence-corrected chi connectivity index (χ0v) is 14.7. The van der Waals surface area contributed by atoms with E-state index >= 15 is 0 Å². The SMILES string of the molecule is C[C@H]1OCCN[C@@H]1C(=O)NCc1ccc(NS(C)(=O)=O)cc1.Cl. The van der Waals surface area contributed by atoms with Crippen LogP contribution in [0.1, 0.15) is 12.5 Å². The van der Waals surface area contributed by atoms with Crippen LogP contribution >= 0.6 is 12.4 Å². The zero-order valence-electron chi connectivity index (χ0n) is 13.0. The molecular weight excluding hydrogens is 342 g/mol. The summed E-state index contributed by atoms with van der Waals surface area (Å²) in [6.45, 7) is 3.51. The fourth-order valence-corrected chi connectivity index (χ4v) is 2.80. The molecule has 7 nitrogen and oxygen atoms in total. The average Bonchev–Trinajstić information content (AvgIpc) is 2.45. The van der Waals surface area contributed by atoms with Gasteiger partial charge in [0.05, 0.1) is 19.0 Å². The monoisotopic (exact) mass is 363 g/mol. The minimum absolute atomic E-state index is 0. The van der Waals surface area contributed by atoms with Gasteiger partial charge in [-0.15, -0.1) is 12.4 Å². The van der Waals surface area contributed by atoms with Crippen LogP contribution in [0.15, 0.2) is 24.3 Å². The standard InChI is InChI=1S/C14H21N3O4S.ClH/c1-10-13(15-7-8-21-10)14(18)16-9-11-3-5-12(6-4-11)17-22(2,19)20;/h3-6,10,13,15,17H,7-9H2,1-2H3,(H,16,18);1H/t10-,13+;/m1./s1. The van der Waals surface area contributed by atoms with Crippen molar-refractivity contribution in [3.05, 3.63) is 29.8 Å². The van der Waals surface area contributed by atoms with Crippen molar-refractivity contribution < 1.29 is 17.9 Å². The number of halogens is 1. The number of rotatable bonds is 5. The number of amides is 1. The Balaban J connectivity index is 0.00000264. The van der Waals surface area contributed by atoms with Gasteiger partial charge in [-0.1, -0.05) is 12.1 Å². The van der Waals surface area contributed by atoms with Crippen LogP contribution in [0.25, 0.3) is 0 Å². The van der Waals surface area contributed by atoms with E-state index in [9.17, 15) is 13.2 Å². The lowest BCUT2D eigenvalue weighted by Gasteiger charge is -2.29. The zero-order chi connectivity index (χ0) is 16.2. The Bertz CT molecular complexity index is 621. The summed E-state index contributed by atoms with van der Waals surface area (Å²) in [6, 6.07) is 6.50. The highest BCUT2D eigenvalue weighted by Crippen LogP contribution is 2.11. The second-order valence-corrected chi connectivity index (χ2v) is 7.05. The number of nitrogens with one attached hydrogen (secondary N) is 3. The van der Waals surface area contributed by atoms with Gasteiger partial charge in [0.15, 0.2) is 0 Å². The Morgan fingerprint density at radius 3 is 2.57 bits per heavy atom. The van der Waals surface area contributed by atoms with E-state index in [-0.39, 0.29) is 30.5 Å². The van der Waals surface area contributed by atoms with Crippen LogP contribution < -0.4 is 15.4 Å². The maximum absolute atomic E-state index is 12.1. The first-order valence-corrected chi connectivity index (χ1v) is 8.94. The average molecular weight is 364 g/mol. The van der Waals surface area contributed by atoms with Crippen LogP contribution in [0, 0.1) is 0 Å². The van der Waals surface area contributed by atoms with E-state index in [2.05, 4.69) is 15.4 Å². The predicted octanol–water partition coefficient (Wildman–Crippen LogP) is 0.473. The Morgan fingerprint density at radius 2 is 2.00 bits per heavy atom. The van der Waals surface area contributed by atoms with Crippen LogP contribution in [0.4, 0.5) is 5.69 Å². The molecule has 23 heavy (non-hydrogen) atoms. The summed E-state index contributed by atoms with van der Waals surface area (Å²) in [5, 5.41) is 5.97. The van der Waals surface area contributed by atoms with Crippen LogP contribution in [-0.2, 0) is 26.1 Å². The van der Waals surface area contributed by atoms with Gasteiger partial charge in [-0.3, -0.25) is 9.52 Å². The second kappa shape index (κ2) is 8.49. The van der Waals surface area contributed by atoms with E-state index in [0.717, 1.165) is 11.8 Å². The van der Waals surface area contributed by atoms with E-state index in [1.807, 2.05) is 6.92 Å². The van der Waals surface area contributed by atoms with Crippen LogP contribution in [-0.4, -0.2) is 45.9 Å². The first kappa shape index (κ1) is 19.7. The summed E-state index contributed by atoms with van der Waals surface area (Å²) in [5.74, 6) is -0.106. The lowest BCUT2D eigenvalue weighted by atomic mass is 10.1. The number of hydrogen-bond acceptors (Lipinski definition) is 5. The van der Waals surface area contributed by atoms with Crippen molar-refractivity contribution in [3.8, 4) is 0 Å². The molecule has 3 N–H and O–H groups in total. The Kier molecular flexibility index (Phi) is 7.27. The Morgan fingerprint density at radius 1 is 1.35 bits per heavy atom. The van der Waals surface area contributed by atoms with Gasteiger partial charge in [0.1, 0.15) is 6.04 Å². The molecular formula is C14H22ClN3O4S. The molecule has 1 amide bonds. The van der Waals surface area contributed by atoms with E-state index in [4.69, 9.17) is 4.74 Å². The van der Waals surface area contributed by atoms with Crippen molar-refractivity contribution in [1.82, 2.24) is 10.6 Å². The highest BCUT2D eigenvalue weighted by molar-refractivity contribution is 7.92. The van der Waals surface area contributed by atoms with Gasteiger partial charge < -0.3 is 15.4 Å². The van der Waals surface area contributed by atoms with E-state index < -0.39 is 10.0 Å². The molecule has 9 heteroatoms. The number of sulfonamides is 1. The second-order valence-electron chi connectivity index (χ2n) is 5.30. The molecule has 2 rings (SSSR count). The molecule has 0 aromatic heterocycles. The first-order valence-electron chi connectivity index (χ1n) is 7.04. The highest BCUT2D eigenvalue weighted by Gasteiger charge is 2.27. The summed E-state index contributed by atoms with van der Waals surface area (Å²) in [4.78, 5) is 12.1. The van der Waals surface area contributed by atoms with Crippen molar-refractivity contribution in [1.29, 1.82) is 0 Å². The molecule has 0 spiro atoms. The van der Waals surface area contributed by atoms with Gasteiger partial charge in [-0.25, -0.2) is 8.42 Å². The summed E-state index contributed by atoms with van der Waals surface area (Å²) >= 11 is 0. The van der Waals surface area contributed by atoms with Crippen molar-refractivity contribution in [2.45, 2.75) is 25.6 Å². The van der Waals surface area contributed by atoms with Gasteiger partial charge in [-0.2, -0.15) is 0 Å². The third kappa shape index (κ3) is 6.34. The number of carbonyl (C=O) groups excluding carboxylic acids is 1. The molecule has 0 saturated carbocycles. The van der Waals surface area contributed by atoms with Crippen molar-refractivity contribution in [2.24, 2.45) is 0 Å². The number of hydrogen-bond donors (Lipinski definition) is 3. The van der Waals surface area contributed by atoms with Crippen LogP contribution in [0.3, 0.4) is 0 Å². The topological polar surface area (TPSA) is 96.5 Å². The number of benzene rings is 1. The maximum Gasteiger partial charge on any atom is 0.240 e. The molecule has 1 aliphatic rings. The summed E-state index contributed by atoms with van der Waals surface area (Å²) in [7, 11) is -3.28. The van der Waals surface area contributed by atoms with Gasteiger partial charge in [0, 0.05) is 18.8 Å². The van der Waals surface area contributed by atoms with Gasteiger partial charge in [0.2, 0.25) is 15.9 Å². The summed E-state index contributed by atoms with van der Waals surface area (Å²) < 4.78 is 30.1. The lowest BCUT2D eigenvalue weighted by molar-refractivity contribution is -0.129. The lowest BCUT2D eigenvalue weighted by Crippen LogP contribution is -2.55. The summed E-state index contributed by atoms with van der Waals surface area (Å²) in [5.41, 5.74) is 1.38. The van der Waals surface area contributed by atoms with E-state index in [1.165, 1.54) is 0 Å². The van der Waals surface area contributed by atoms with Crippen LogP contribution in [0.5, 0.6) is 0 Å². The third-order valence-electron chi connectivity index (χ3n) is 3.32. The highest BCUT2D eigenvalue weighted by atomic mass is 35.5. The molecule has 2 atom stereocenters. The molecule has 1 aromatic carbocycles. The fourth-order valence-electron chi connectivity index (χ4n) is 2.23. The molecule has 1 saturated heterocycles. The molecule has 1 heterocycles.